The average molecular weight is 298 g/mol. The number of anilines is 1. The van der Waals surface area contributed by atoms with Crippen molar-refractivity contribution in [2.75, 3.05) is 12.8 Å². The molecule has 0 amide bonds. The highest BCUT2D eigenvalue weighted by Gasteiger charge is 2.16. The van der Waals surface area contributed by atoms with Crippen LogP contribution in [0.4, 0.5) is 10.1 Å². The lowest BCUT2D eigenvalue weighted by Crippen LogP contribution is -2.19. The largest absolute Gasteiger partial charge is 0.495 e. The number of methoxy groups -OCH3 is 1. The molecular weight excluding hydrogens is 283 g/mol. The predicted octanol–water partition coefficient (Wildman–Crippen LogP) is 2.03. The van der Waals surface area contributed by atoms with Crippen molar-refractivity contribution in [2.45, 2.75) is 29.9 Å². The van der Waals surface area contributed by atoms with Gasteiger partial charge in [-0.15, -0.1) is 5.10 Å². The van der Waals surface area contributed by atoms with E-state index < -0.39 is 5.82 Å². The molecule has 0 aliphatic carbocycles. The van der Waals surface area contributed by atoms with Crippen LogP contribution >= 0.6 is 11.8 Å². The minimum absolute atomic E-state index is 0.0810. The van der Waals surface area contributed by atoms with Gasteiger partial charge in [-0.1, -0.05) is 0 Å². The molecule has 0 bridgehead atoms. The van der Waals surface area contributed by atoms with Crippen molar-refractivity contribution < 1.29 is 9.13 Å². The lowest BCUT2D eigenvalue weighted by Gasteiger charge is -2.10. The number of aromatic amines is 1. The number of hydrogen-bond acceptors (Lipinski definition) is 5. The number of halogens is 1. The molecular formula is C12H15FN4O2S. The molecule has 8 heteroatoms. The normalized spacial score (nSPS) is 11.1. The van der Waals surface area contributed by atoms with Gasteiger partial charge in [0, 0.05) is 12.1 Å². The number of rotatable bonds is 4. The van der Waals surface area contributed by atoms with Gasteiger partial charge < -0.3 is 10.5 Å². The minimum atomic E-state index is -0.487. The van der Waals surface area contributed by atoms with E-state index in [-0.39, 0.29) is 22.3 Å². The Balaban J connectivity index is 2.43. The van der Waals surface area contributed by atoms with E-state index in [2.05, 4.69) is 10.2 Å². The average Bonchev–Trinajstić information content (AvgIpc) is 2.74. The highest BCUT2D eigenvalue weighted by molar-refractivity contribution is 7.99. The first-order valence-electron chi connectivity index (χ1n) is 5.91. The maximum Gasteiger partial charge on any atom is 0.344 e. The third kappa shape index (κ3) is 2.64. The molecule has 6 nitrogen and oxygen atoms in total. The summed E-state index contributed by atoms with van der Waals surface area (Å²) in [5, 5.41) is 6.64. The lowest BCUT2D eigenvalue weighted by atomic mass is 10.3. The van der Waals surface area contributed by atoms with Gasteiger partial charge >= 0.3 is 5.69 Å². The lowest BCUT2D eigenvalue weighted by molar-refractivity contribution is 0.414. The molecule has 0 saturated heterocycles. The number of ether oxygens (including phenoxy) is 1. The van der Waals surface area contributed by atoms with Gasteiger partial charge in [0.15, 0.2) is 5.16 Å². The summed E-state index contributed by atoms with van der Waals surface area (Å²) in [6, 6.07) is 2.59. The van der Waals surface area contributed by atoms with Crippen molar-refractivity contribution in [3.8, 4) is 5.75 Å². The van der Waals surface area contributed by atoms with Crippen LogP contribution in [-0.4, -0.2) is 21.9 Å². The number of hydrogen-bond donors (Lipinski definition) is 2. The molecule has 108 valence electrons. The Morgan fingerprint density at radius 3 is 2.80 bits per heavy atom. The second kappa shape index (κ2) is 5.58. The summed E-state index contributed by atoms with van der Waals surface area (Å²) in [6.45, 7) is 3.70. The fraction of sp³-hybridized carbons (Fsp3) is 0.333. The van der Waals surface area contributed by atoms with E-state index in [1.165, 1.54) is 23.8 Å². The second-order valence-corrected chi connectivity index (χ2v) is 5.41. The van der Waals surface area contributed by atoms with E-state index in [4.69, 9.17) is 10.5 Å². The molecule has 2 rings (SSSR count). The summed E-state index contributed by atoms with van der Waals surface area (Å²) in [7, 11) is 1.45. The topological polar surface area (TPSA) is 85.9 Å². The first-order chi connectivity index (χ1) is 9.43. The Bertz CT molecular complexity index is 681. The SMILES string of the molecule is COc1cc(Sc2n[nH]c(=O)n2C(C)C)c(F)cc1N. The van der Waals surface area contributed by atoms with E-state index in [9.17, 15) is 9.18 Å². The zero-order chi connectivity index (χ0) is 14.9. The molecule has 1 heterocycles. The molecule has 2 aromatic rings. The van der Waals surface area contributed by atoms with Crippen LogP contribution < -0.4 is 16.2 Å². The maximum absolute atomic E-state index is 13.9. The zero-order valence-electron chi connectivity index (χ0n) is 11.3. The van der Waals surface area contributed by atoms with Crippen molar-refractivity contribution in [3.05, 3.63) is 28.4 Å². The quantitative estimate of drug-likeness (QED) is 0.844. The van der Waals surface area contributed by atoms with Crippen LogP contribution in [0.2, 0.25) is 0 Å². The van der Waals surface area contributed by atoms with Crippen LogP contribution in [0, 0.1) is 5.82 Å². The van der Waals surface area contributed by atoms with Gasteiger partial charge in [0.25, 0.3) is 0 Å². The molecule has 1 aromatic carbocycles. The van der Waals surface area contributed by atoms with Crippen LogP contribution in [0.3, 0.4) is 0 Å². The molecule has 3 N–H and O–H groups in total. The summed E-state index contributed by atoms with van der Waals surface area (Å²) in [5.74, 6) is -0.109. The molecule has 0 radical (unpaired) electrons. The summed E-state index contributed by atoms with van der Waals surface area (Å²) in [4.78, 5) is 11.9. The Hall–Kier alpha value is -1.96. The summed E-state index contributed by atoms with van der Waals surface area (Å²) in [5.41, 5.74) is 5.52. The Morgan fingerprint density at radius 2 is 2.20 bits per heavy atom. The molecule has 0 aliphatic rings. The second-order valence-electron chi connectivity index (χ2n) is 4.40. The van der Waals surface area contributed by atoms with E-state index in [1.807, 2.05) is 13.8 Å². The first kappa shape index (κ1) is 14.4. The van der Waals surface area contributed by atoms with Crippen molar-refractivity contribution in [1.29, 1.82) is 0 Å². The summed E-state index contributed by atoms with van der Waals surface area (Å²) >= 11 is 1.04. The first-order valence-corrected chi connectivity index (χ1v) is 6.73. The van der Waals surface area contributed by atoms with Gasteiger partial charge in [-0.2, -0.15) is 0 Å². The maximum atomic E-state index is 13.9. The number of aromatic nitrogens is 3. The number of nitrogens with two attached hydrogens (primary N) is 1. The minimum Gasteiger partial charge on any atom is -0.495 e. The van der Waals surface area contributed by atoms with Crippen LogP contribution in [0.15, 0.2) is 27.0 Å². The van der Waals surface area contributed by atoms with Crippen LogP contribution in [0.1, 0.15) is 19.9 Å². The van der Waals surface area contributed by atoms with Crippen molar-refractivity contribution >= 4 is 17.4 Å². The number of H-pyrrole nitrogens is 1. The Kier molecular flexibility index (Phi) is 4.03. The molecule has 20 heavy (non-hydrogen) atoms. The predicted molar refractivity (Wildman–Crippen MR) is 74.7 cm³/mol. The van der Waals surface area contributed by atoms with Gasteiger partial charge in [-0.25, -0.2) is 14.3 Å². The van der Waals surface area contributed by atoms with Crippen LogP contribution in [0.5, 0.6) is 5.75 Å². The monoisotopic (exact) mass is 298 g/mol. The number of nitrogens with zero attached hydrogens (tertiary/aromatic N) is 2. The summed E-state index contributed by atoms with van der Waals surface area (Å²) in [6.07, 6.45) is 0. The molecule has 0 unspecified atom stereocenters. The Morgan fingerprint density at radius 1 is 1.50 bits per heavy atom. The number of benzene rings is 1. The molecule has 0 atom stereocenters. The fourth-order valence-corrected chi connectivity index (χ4v) is 2.72. The van der Waals surface area contributed by atoms with Gasteiger partial charge in [-0.05, 0) is 31.7 Å². The highest BCUT2D eigenvalue weighted by atomic mass is 32.2. The van der Waals surface area contributed by atoms with E-state index in [0.29, 0.717) is 10.9 Å². The van der Waals surface area contributed by atoms with Gasteiger partial charge in [0.05, 0.1) is 17.7 Å². The number of nitrogens with one attached hydrogen (secondary N) is 1. The van der Waals surface area contributed by atoms with Crippen LogP contribution in [0.25, 0.3) is 0 Å². The highest BCUT2D eigenvalue weighted by Crippen LogP contribution is 2.34. The van der Waals surface area contributed by atoms with Gasteiger partial charge in [0.1, 0.15) is 11.6 Å². The van der Waals surface area contributed by atoms with Crippen molar-refractivity contribution in [1.82, 2.24) is 14.8 Å². The molecule has 0 saturated carbocycles. The fourth-order valence-electron chi connectivity index (χ4n) is 1.72. The third-order valence-corrected chi connectivity index (χ3v) is 3.68. The molecule has 0 fully saturated rings. The summed E-state index contributed by atoms with van der Waals surface area (Å²) < 4.78 is 20.4. The van der Waals surface area contributed by atoms with Crippen LogP contribution in [-0.2, 0) is 0 Å². The van der Waals surface area contributed by atoms with Gasteiger partial charge in [-0.3, -0.25) is 4.57 Å². The van der Waals surface area contributed by atoms with E-state index >= 15 is 0 Å². The molecule has 0 spiro atoms. The number of nitrogen functional groups attached to an aromatic ring is 1. The van der Waals surface area contributed by atoms with E-state index in [1.54, 1.807) is 0 Å². The smallest absolute Gasteiger partial charge is 0.344 e. The van der Waals surface area contributed by atoms with E-state index in [0.717, 1.165) is 11.8 Å². The molecule has 1 aromatic heterocycles. The molecule has 0 aliphatic heterocycles. The zero-order valence-corrected chi connectivity index (χ0v) is 12.1. The Labute approximate surface area is 119 Å². The standard InChI is InChI=1S/C12H15FN4O2S/c1-6(2)17-11(18)15-16-12(17)20-10-5-9(19-3)8(14)4-7(10)13/h4-6H,14H2,1-3H3,(H,15,18). The van der Waals surface area contributed by atoms with Gasteiger partial charge in [0.2, 0.25) is 0 Å². The van der Waals surface area contributed by atoms with Crippen molar-refractivity contribution in [3.63, 3.8) is 0 Å². The van der Waals surface area contributed by atoms with Crippen molar-refractivity contribution in [2.24, 2.45) is 0 Å². The third-order valence-electron chi connectivity index (χ3n) is 2.67.